The smallest absolute Gasteiger partial charge is 0.141 e. The number of fused-ring (bicyclic) bond motifs is 1. The number of hydrogen-bond acceptors (Lipinski definition) is 1. The third-order valence-corrected chi connectivity index (χ3v) is 3.26. The maximum Gasteiger partial charge on any atom is 0.141 e. The van der Waals surface area contributed by atoms with Crippen molar-refractivity contribution in [2.24, 2.45) is 0 Å². The van der Waals surface area contributed by atoms with Crippen molar-refractivity contribution in [1.29, 1.82) is 0 Å². The van der Waals surface area contributed by atoms with Crippen molar-refractivity contribution in [1.82, 2.24) is 4.98 Å². The number of ketones is 1. The maximum atomic E-state index is 12.0. The van der Waals surface area contributed by atoms with E-state index < -0.39 is 0 Å². The van der Waals surface area contributed by atoms with Crippen molar-refractivity contribution < 1.29 is 4.79 Å². The largest absolute Gasteiger partial charge is 0.361 e. The van der Waals surface area contributed by atoms with E-state index in [0.717, 1.165) is 22.0 Å². The van der Waals surface area contributed by atoms with Crippen LogP contribution in [0.4, 0.5) is 0 Å². The van der Waals surface area contributed by atoms with Gasteiger partial charge < -0.3 is 4.98 Å². The van der Waals surface area contributed by atoms with Gasteiger partial charge in [-0.05, 0) is 34.7 Å². The lowest BCUT2D eigenvalue weighted by molar-refractivity contribution is -0.117. The molecule has 1 heterocycles. The van der Waals surface area contributed by atoms with Gasteiger partial charge in [0.05, 0.1) is 0 Å². The Morgan fingerprint density at radius 1 is 0.895 bits per heavy atom. The summed E-state index contributed by atoms with van der Waals surface area (Å²) in [6, 6.07) is 18.0. The number of H-pyrrole nitrogens is 1. The second-order valence-corrected chi connectivity index (χ2v) is 4.78. The van der Waals surface area contributed by atoms with Gasteiger partial charge in [-0.3, -0.25) is 4.79 Å². The van der Waals surface area contributed by atoms with Gasteiger partial charge >= 0.3 is 0 Å². The zero-order valence-electron chi connectivity index (χ0n) is 10.6. The van der Waals surface area contributed by atoms with Gasteiger partial charge in [-0.2, -0.15) is 0 Å². The molecule has 0 aliphatic carbocycles. The maximum absolute atomic E-state index is 12.0. The second kappa shape index (κ2) is 5.11. The Labute approximate surface area is 112 Å². The van der Waals surface area contributed by atoms with Crippen LogP contribution in [-0.2, 0) is 17.6 Å². The van der Waals surface area contributed by atoms with Crippen LogP contribution < -0.4 is 0 Å². The van der Waals surface area contributed by atoms with Crippen LogP contribution in [0.15, 0.2) is 60.8 Å². The van der Waals surface area contributed by atoms with Gasteiger partial charge in [0, 0.05) is 24.6 Å². The lowest BCUT2D eigenvalue weighted by Gasteiger charge is -2.02. The van der Waals surface area contributed by atoms with Gasteiger partial charge in [-0.25, -0.2) is 0 Å². The van der Waals surface area contributed by atoms with Crippen LogP contribution in [0.2, 0.25) is 0 Å². The first-order chi connectivity index (χ1) is 9.31. The average Bonchev–Trinajstić information content (AvgIpc) is 2.87. The molecule has 0 bridgehead atoms. The lowest BCUT2D eigenvalue weighted by atomic mass is 10.0. The first-order valence-corrected chi connectivity index (χ1v) is 6.43. The zero-order valence-corrected chi connectivity index (χ0v) is 10.6. The molecule has 2 heteroatoms. The average molecular weight is 249 g/mol. The van der Waals surface area contributed by atoms with E-state index in [1.54, 1.807) is 0 Å². The Hall–Kier alpha value is -2.35. The summed E-state index contributed by atoms with van der Waals surface area (Å²) in [5.74, 6) is 0.251. The molecule has 19 heavy (non-hydrogen) atoms. The number of aromatic amines is 1. The Kier molecular flexibility index (Phi) is 3.15. The molecule has 1 aromatic heterocycles. The minimum absolute atomic E-state index is 0.251. The quantitative estimate of drug-likeness (QED) is 0.754. The van der Waals surface area contributed by atoms with E-state index in [-0.39, 0.29) is 5.78 Å². The van der Waals surface area contributed by atoms with Crippen LogP contribution in [0.5, 0.6) is 0 Å². The molecule has 3 aromatic rings. The van der Waals surface area contributed by atoms with Crippen molar-refractivity contribution in [2.45, 2.75) is 12.8 Å². The molecule has 94 valence electrons. The number of hydrogen-bond donors (Lipinski definition) is 1. The number of aromatic nitrogens is 1. The fourth-order valence-electron chi connectivity index (χ4n) is 2.33. The molecule has 0 aliphatic rings. The molecule has 0 aliphatic heterocycles. The molecule has 0 radical (unpaired) electrons. The summed E-state index contributed by atoms with van der Waals surface area (Å²) in [6.07, 6.45) is 2.92. The van der Waals surface area contributed by atoms with Crippen molar-refractivity contribution in [3.05, 3.63) is 71.9 Å². The summed E-state index contributed by atoms with van der Waals surface area (Å²) in [5.41, 5.74) is 3.27. The van der Waals surface area contributed by atoms with Crippen LogP contribution in [-0.4, -0.2) is 10.8 Å². The standard InChI is InChI=1S/C17H15NO/c19-16(11-13-4-2-1-3-5-13)12-14-6-7-17-15(10-14)8-9-18-17/h1-10,18H,11-12H2. The number of rotatable bonds is 4. The minimum Gasteiger partial charge on any atom is -0.361 e. The lowest BCUT2D eigenvalue weighted by Crippen LogP contribution is -2.06. The second-order valence-electron chi connectivity index (χ2n) is 4.78. The summed E-state index contributed by atoms with van der Waals surface area (Å²) in [4.78, 5) is 15.2. The van der Waals surface area contributed by atoms with Crippen molar-refractivity contribution in [3.8, 4) is 0 Å². The molecular formula is C17H15NO. The van der Waals surface area contributed by atoms with Crippen LogP contribution in [0.3, 0.4) is 0 Å². The van der Waals surface area contributed by atoms with E-state index in [0.29, 0.717) is 12.8 Å². The van der Waals surface area contributed by atoms with Crippen LogP contribution >= 0.6 is 0 Å². The van der Waals surface area contributed by atoms with Crippen molar-refractivity contribution >= 4 is 16.7 Å². The molecule has 0 fully saturated rings. The van der Waals surface area contributed by atoms with E-state index in [2.05, 4.69) is 11.1 Å². The first kappa shape index (κ1) is 11.7. The van der Waals surface area contributed by atoms with Gasteiger partial charge in [0.25, 0.3) is 0 Å². The number of nitrogens with one attached hydrogen (secondary N) is 1. The van der Waals surface area contributed by atoms with E-state index >= 15 is 0 Å². The Morgan fingerprint density at radius 3 is 2.53 bits per heavy atom. The Bertz CT molecular complexity index is 697. The minimum atomic E-state index is 0.251. The molecule has 2 nitrogen and oxygen atoms in total. The highest BCUT2D eigenvalue weighted by molar-refractivity contribution is 5.85. The van der Waals surface area contributed by atoms with E-state index in [1.165, 1.54) is 0 Å². The fourth-order valence-corrected chi connectivity index (χ4v) is 2.33. The first-order valence-electron chi connectivity index (χ1n) is 6.43. The predicted octanol–water partition coefficient (Wildman–Crippen LogP) is 3.52. The highest BCUT2D eigenvalue weighted by Gasteiger charge is 2.06. The molecule has 0 atom stereocenters. The topological polar surface area (TPSA) is 32.9 Å². The molecular weight excluding hydrogens is 234 g/mol. The molecule has 0 unspecified atom stereocenters. The van der Waals surface area contributed by atoms with Gasteiger partial charge in [0.2, 0.25) is 0 Å². The number of carbonyl (C=O) groups is 1. The molecule has 0 amide bonds. The van der Waals surface area contributed by atoms with Gasteiger partial charge in [-0.1, -0.05) is 36.4 Å². The summed E-state index contributed by atoms with van der Waals surface area (Å²) in [7, 11) is 0. The van der Waals surface area contributed by atoms with E-state index in [9.17, 15) is 4.79 Å². The molecule has 2 aromatic carbocycles. The van der Waals surface area contributed by atoms with Gasteiger partial charge in [0.15, 0.2) is 0 Å². The number of Topliss-reactive ketones (excluding diaryl/α,β-unsaturated/α-hetero) is 1. The fraction of sp³-hybridized carbons (Fsp3) is 0.118. The third kappa shape index (κ3) is 2.74. The highest BCUT2D eigenvalue weighted by atomic mass is 16.1. The third-order valence-electron chi connectivity index (χ3n) is 3.26. The molecule has 0 spiro atoms. The molecule has 0 saturated heterocycles. The van der Waals surface area contributed by atoms with Gasteiger partial charge in [-0.15, -0.1) is 0 Å². The highest BCUT2D eigenvalue weighted by Crippen LogP contribution is 2.15. The summed E-state index contributed by atoms with van der Waals surface area (Å²) in [5, 5.41) is 1.16. The Balaban J connectivity index is 1.72. The van der Waals surface area contributed by atoms with Crippen molar-refractivity contribution in [2.75, 3.05) is 0 Å². The van der Waals surface area contributed by atoms with Crippen LogP contribution in [0.25, 0.3) is 10.9 Å². The van der Waals surface area contributed by atoms with Gasteiger partial charge in [0.1, 0.15) is 5.78 Å². The molecule has 3 rings (SSSR count). The number of benzene rings is 2. The number of carbonyl (C=O) groups excluding carboxylic acids is 1. The zero-order chi connectivity index (χ0) is 13.1. The molecule has 1 N–H and O–H groups in total. The van der Waals surface area contributed by atoms with E-state index in [1.807, 2.05) is 54.7 Å². The monoisotopic (exact) mass is 249 g/mol. The Morgan fingerprint density at radius 2 is 1.68 bits per heavy atom. The normalized spacial score (nSPS) is 10.7. The van der Waals surface area contributed by atoms with E-state index in [4.69, 9.17) is 0 Å². The van der Waals surface area contributed by atoms with Crippen molar-refractivity contribution in [3.63, 3.8) is 0 Å². The summed E-state index contributed by atoms with van der Waals surface area (Å²) < 4.78 is 0. The van der Waals surface area contributed by atoms with Crippen LogP contribution in [0.1, 0.15) is 11.1 Å². The predicted molar refractivity (Wildman–Crippen MR) is 77.2 cm³/mol. The summed E-state index contributed by atoms with van der Waals surface area (Å²) in [6.45, 7) is 0. The SMILES string of the molecule is O=C(Cc1ccccc1)Cc1ccc2[nH]ccc2c1. The van der Waals surface area contributed by atoms with Crippen LogP contribution in [0, 0.1) is 0 Å². The summed E-state index contributed by atoms with van der Waals surface area (Å²) >= 11 is 0. The molecule has 0 saturated carbocycles.